The normalized spacial score (nSPS) is 10.7. The Labute approximate surface area is 106 Å². The van der Waals surface area contributed by atoms with Crippen molar-refractivity contribution < 1.29 is 19.0 Å². The molecular weight excluding hydrogens is 237 g/mol. The number of ether oxygens (including phenoxy) is 1. The van der Waals surface area contributed by atoms with Crippen LogP contribution in [0.5, 0.6) is 0 Å². The molecule has 0 atom stereocenters. The number of rotatable bonds is 6. The molecule has 0 fully saturated rings. The van der Waals surface area contributed by atoms with E-state index in [0.717, 1.165) is 6.07 Å². The summed E-state index contributed by atoms with van der Waals surface area (Å²) in [4.78, 5) is 13.0. The van der Waals surface area contributed by atoms with Crippen molar-refractivity contribution in [3.63, 3.8) is 0 Å². The first kappa shape index (κ1) is 14.4. The second kappa shape index (κ2) is 6.35. The molecule has 5 heteroatoms. The zero-order valence-corrected chi connectivity index (χ0v) is 10.8. The molecule has 1 aromatic carbocycles. The van der Waals surface area contributed by atoms with Crippen LogP contribution >= 0.6 is 0 Å². The molecule has 0 bridgehead atoms. The highest BCUT2D eigenvalue weighted by Crippen LogP contribution is 2.25. The van der Waals surface area contributed by atoms with Gasteiger partial charge in [-0.05, 0) is 26.0 Å². The number of hydrogen-bond donors (Lipinski definition) is 1. The number of carboxylic acid groups (broad SMARTS) is 1. The van der Waals surface area contributed by atoms with Gasteiger partial charge in [-0.25, -0.2) is 9.18 Å². The van der Waals surface area contributed by atoms with Crippen LogP contribution in [0.25, 0.3) is 0 Å². The molecule has 0 unspecified atom stereocenters. The molecule has 1 N–H and O–H groups in total. The van der Waals surface area contributed by atoms with Crippen LogP contribution in [0.3, 0.4) is 0 Å². The molecule has 0 aliphatic carbocycles. The van der Waals surface area contributed by atoms with Gasteiger partial charge in [0.05, 0.1) is 12.3 Å². The van der Waals surface area contributed by atoms with Crippen molar-refractivity contribution >= 4 is 11.7 Å². The number of methoxy groups -OCH3 is 1. The van der Waals surface area contributed by atoms with Crippen LogP contribution in [0.2, 0.25) is 0 Å². The lowest BCUT2D eigenvalue weighted by Crippen LogP contribution is -2.35. The Balaban J connectivity index is 3.19. The number of hydrogen-bond acceptors (Lipinski definition) is 3. The van der Waals surface area contributed by atoms with Gasteiger partial charge < -0.3 is 14.7 Å². The van der Waals surface area contributed by atoms with E-state index in [0.29, 0.717) is 18.8 Å². The summed E-state index contributed by atoms with van der Waals surface area (Å²) in [6.07, 6.45) is 0. The maximum atomic E-state index is 13.6. The van der Waals surface area contributed by atoms with Crippen LogP contribution in [-0.4, -0.2) is 37.4 Å². The van der Waals surface area contributed by atoms with Gasteiger partial charge in [-0.3, -0.25) is 0 Å². The molecule has 0 radical (unpaired) electrons. The van der Waals surface area contributed by atoms with E-state index >= 15 is 0 Å². The average molecular weight is 255 g/mol. The van der Waals surface area contributed by atoms with Crippen molar-refractivity contribution in [2.75, 3.05) is 25.2 Å². The standard InChI is InChI=1S/C13H18FNO3/c1-9(2)15(7-8-18-3)11-6-4-5-10(14)12(11)13(16)17/h4-6,9H,7-8H2,1-3H3,(H,16,17). The molecule has 1 rings (SSSR count). The third kappa shape index (κ3) is 3.20. The Morgan fingerprint density at radius 3 is 2.67 bits per heavy atom. The minimum atomic E-state index is -1.26. The summed E-state index contributed by atoms with van der Waals surface area (Å²) in [6, 6.07) is 4.34. The average Bonchev–Trinajstić information content (AvgIpc) is 2.28. The Bertz CT molecular complexity index is 421. The lowest BCUT2D eigenvalue weighted by Gasteiger charge is -2.30. The fraction of sp³-hybridized carbons (Fsp3) is 0.462. The summed E-state index contributed by atoms with van der Waals surface area (Å²) in [5.74, 6) is -1.98. The minimum Gasteiger partial charge on any atom is -0.478 e. The van der Waals surface area contributed by atoms with Gasteiger partial charge >= 0.3 is 5.97 Å². The highest BCUT2D eigenvalue weighted by molar-refractivity contribution is 5.94. The molecule has 0 spiro atoms. The number of halogens is 1. The van der Waals surface area contributed by atoms with Gasteiger partial charge in [0.2, 0.25) is 0 Å². The number of aromatic carboxylic acids is 1. The summed E-state index contributed by atoms with van der Waals surface area (Å²) in [7, 11) is 1.57. The highest BCUT2D eigenvalue weighted by atomic mass is 19.1. The number of benzene rings is 1. The Hall–Kier alpha value is -1.62. The monoisotopic (exact) mass is 255 g/mol. The Kier molecular flexibility index (Phi) is 5.09. The topological polar surface area (TPSA) is 49.8 Å². The van der Waals surface area contributed by atoms with Gasteiger partial charge in [0.25, 0.3) is 0 Å². The van der Waals surface area contributed by atoms with Gasteiger partial charge in [-0.15, -0.1) is 0 Å². The SMILES string of the molecule is COCCN(c1cccc(F)c1C(=O)O)C(C)C. The van der Waals surface area contributed by atoms with Crippen LogP contribution < -0.4 is 4.90 Å². The van der Waals surface area contributed by atoms with Crippen LogP contribution in [-0.2, 0) is 4.74 Å². The van der Waals surface area contributed by atoms with Crippen molar-refractivity contribution in [2.24, 2.45) is 0 Å². The van der Waals surface area contributed by atoms with E-state index in [-0.39, 0.29) is 11.6 Å². The molecule has 1 aromatic rings. The van der Waals surface area contributed by atoms with E-state index in [2.05, 4.69) is 0 Å². The van der Waals surface area contributed by atoms with Crippen LogP contribution in [0, 0.1) is 5.82 Å². The first-order valence-corrected chi connectivity index (χ1v) is 5.76. The van der Waals surface area contributed by atoms with E-state index in [1.54, 1.807) is 13.2 Å². The second-order valence-corrected chi connectivity index (χ2v) is 4.22. The van der Waals surface area contributed by atoms with Gasteiger partial charge in [0.15, 0.2) is 0 Å². The highest BCUT2D eigenvalue weighted by Gasteiger charge is 2.21. The lowest BCUT2D eigenvalue weighted by atomic mass is 10.1. The van der Waals surface area contributed by atoms with Gasteiger partial charge in [-0.1, -0.05) is 6.07 Å². The fourth-order valence-electron chi connectivity index (χ4n) is 1.81. The predicted molar refractivity (Wildman–Crippen MR) is 67.7 cm³/mol. The predicted octanol–water partition coefficient (Wildman–Crippen LogP) is 2.39. The van der Waals surface area contributed by atoms with E-state index < -0.39 is 11.8 Å². The summed E-state index contributed by atoms with van der Waals surface area (Å²) in [5.41, 5.74) is 0.0943. The van der Waals surface area contributed by atoms with Crippen LogP contribution in [0.15, 0.2) is 18.2 Å². The third-order valence-corrected chi connectivity index (χ3v) is 2.67. The molecule has 4 nitrogen and oxygen atoms in total. The van der Waals surface area contributed by atoms with Crippen molar-refractivity contribution in [3.05, 3.63) is 29.6 Å². The molecule has 0 saturated heterocycles. The molecule has 18 heavy (non-hydrogen) atoms. The maximum absolute atomic E-state index is 13.6. The van der Waals surface area contributed by atoms with E-state index in [1.165, 1.54) is 6.07 Å². The van der Waals surface area contributed by atoms with E-state index in [1.807, 2.05) is 18.7 Å². The van der Waals surface area contributed by atoms with Crippen molar-refractivity contribution in [1.29, 1.82) is 0 Å². The van der Waals surface area contributed by atoms with Crippen molar-refractivity contribution in [1.82, 2.24) is 0 Å². The zero-order chi connectivity index (χ0) is 13.7. The smallest absolute Gasteiger partial charge is 0.340 e. The fourth-order valence-corrected chi connectivity index (χ4v) is 1.81. The third-order valence-electron chi connectivity index (χ3n) is 2.67. The summed E-state index contributed by atoms with van der Waals surface area (Å²) >= 11 is 0. The van der Waals surface area contributed by atoms with Gasteiger partial charge in [0, 0.05) is 19.7 Å². The quantitative estimate of drug-likeness (QED) is 0.848. The lowest BCUT2D eigenvalue weighted by molar-refractivity contribution is 0.0692. The molecule has 0 saturated carbocycles. The van der Waals surface area contributed by atoms with Gasteiger partial charge in [0.1, 0.15) is 11.4 Å². The van der Waals surface area contributed by atoms with Crippen LogP contribution in [0.4, 0.5) is 10.1 Å². The molecule has 0 aliphatic rings. The molecule has 0 heterocycles. The van der Waals surface area contributed by atoms with Crippen molar-refractivity contribution in [3.8, 4) is 0 Å². The van der Waals surface area contributed by atoms with Crippen molar-refractivity contribution in [2.45, 2.75) is 19.9 Å². The number of anilines is 1. The first-order valence-electron chi connectivity index (χ1n) is 5.76. The second-order valence-electron chi connectivity index (χ2n) is 4.22. The van der Waals surface area contributed by atoms with Gasteiger partial charge in [-0.2, -0.15) is 0 Å². The maximum Gasteiger partial charge on any atom is 0.340 e. The largest absolute Gasteiger partial charge is 0.478 e. The Morgan fingerprint density at radius 2 is 2.17 bits per heavy atom. The van der Waals surface area contributed by atoms with Crippen LogP contribution in [0.1, 0.15) is 24.2 Å². The summed E-state index contributed by atoms with van der Waals surface area (Å²) < 4.78 is 18.6. The Morgan fingerprint density at radius 1 is 1.50 bits per heavy atom. The molecule has 0 aromatic heterocycles. The number of carboxylic acids is 1. The summed E-state index contributed by atoms with van der Waals surface area (Å²) in [6.45, 7) is 4.81. The first-order chi connectivity index (χ1) is 8.49. The van der Waals surface area contributed by atoms with E-state index in [4.69, 9.17) is 9.84 Å². The number of carbonyl (C=O) groups is 1. The van der Waals surface area contributed by atoms with E-state index in [9.17, 15) is 9.18 Å². The zero-order valence-electron chi connectivity index (χ0n) is 10.8. The molecular formula is C13H18FNO3. The molecule has 100 valence electrons. The molecule has 0 aliphatic heterocycles. The molecule has 0 amide bonds. The minimum absolute atomic E-state index is 0.0556. The number of nitrogens with zero attached hydrogens (tertiary/aromatic N) is 1. The summed E-state index contributed by atoms with van der Waals surface area (Å²) in [5, 5.41) is 9.10.